The predicted molar refractivity (Wildman–Crippen MR) is 78.0 cm³/mol. The van der Waals surface area contributed by atoms with Crippen LogP contribution in [0.15, 0.2) is 18.2 Å². The van der Waals surface area contributed by atoms with Gasteiger partial charge in [0.25, 0.3) is 0 Å². The highest BCUT2D eigenvalue weighted by atomic mass is 35.5. The first-order valence-electron chi connectivity index (χ1n) is 6.64. The quantitative estimate of drug-likeness (QED) is 0.895. The zero-order chi connectivity index (χ0) is 14.3. The average Bonchev–Trinajstić information content (AvgIpc) is 2.29. The van der Waals surface area contributed by atoms with Crippen molar-refractivity contribution in [1.29, 1.82) is 0 Å². The van der Waals surface area contributed by atoms with E-state index in [4.69, 9.17) is 11.6 Å². The third kappa shape index (κ3) is 3.47. The van der Waals surface area contributed by atoms with Crippen LogP contribution in [-0.4, -0.2) is 29.1 Å². The highest BCUT2D eigenvalue weighted by molar-refractivity contribution is 6.30. The van der Waals surface area contributed by atoms with Crippen LogP contribution in [0, 0.1) is 5.82 Å². The smallest absolute Gasteiger partial charge is 0.141 e. The van der Waals surface area contributed by atoms with E-state index in [-0.39, 0.29) is 21.9 Å². The van der Waals surface area contributed by atoms with Crippen LogP contribution in [0.3, 0.4) is 0 Å². The van der Waals surface area contributed by atoms with Crippen molar-refractivity contribution in [3.05, 3.63) is 34.6 Å². The van der Waals surface area contributed by atoms with E-state index in [1.165, 1.54) is 6.07 Å². The molecule has 1 heterocycles. The topological polar surface area (TPSA) is 15.3 Å². The molecule has 0 aromatic heterocycles. The van der Waals surface area contributed by atoms with E-state index in [0.29, 0.717) is 0 Å². The van der Waals surface area contributed by atoms with Crippen LogP contribution in [-0.2, 0) is 6.54 Å². The lowest BCUT2D eigenvalue weighted by Gasteiger charge is -2.49. The summed E-state index contributed by atoms with van der Waals surface area (Å²) in [6.45, 7) is 11.5. The zero-order valence-electron chi connectivity index (χ0n) is 12.1. The van der Waals surface area contributed by atoms with Crippen molar-refractivity contribution in [3.63, 3.8) is 0 Å². The van der Waals surface area contributed by atoms with Crippen molar-refractivity contribution >= 4 is 11.6 Å². The summed E-state index contributed by atoms with van der Waals surface area (Å²) in [6, 6.07) is 4.98. The Morgan fingerprint density at radius 3 is 2.63 bits per heavy atom. The predicted octanol–water partition coefficient (Wildman–Crippen LogP) is 3.44. The van der Waals surface area contributed by atoms with E-state index >= 15 is 0 Å². The van der Waals surface area contributed by atoms with Gasteiger partial charge in [0.15, 0.2) is 0 Å². The lowest BCUT2D eigenvalue weighted by Crippen LogP contribution is -2.65. The molecule has 0 bridgehead atoms. The summed E-state index contributed by atoms with van der Waals surface area (Å²) in [7, 11) is 0. The van der Waals surface area contributed by atoms with Gasteiger partial charge in [-0.2, -0.15) is 0 Å². The lowest BCUT2D eigenvalue weighted by molar-refractivity contribution is 0.0324. The molecule has 0 saturated carbocycles. The second kappa shape index (κ2) is 5.04. The molecule has 106 valence electrons. The fraction of sp³-hybridized carbons (Fsp3) is 0.600. The summed E-state index contributed by atoms with van der Waals surface area (Å²) in [6.07, 6.45) is 0. The van der Waals surface area contributed by atoms with Gasteiger partial charge in [0.1, 0.15) is 5.82 Å². The van der Waals surface area contributed by atoms with E-state index in [0.717, 1.165) is 25.2 Å². The Kier molecular flexibility index (Phi) is 3.92. The molecule has 1 aliphatic rings. The molecule has 0 aliphatic carbocycles. The number of nitrogens with zero attached hydrogens (tertiary/aromatic N) is 1. The van der Waals surface area contributed by atoms with Gasteiger partial charge in [-0.05, 0) is 45.4 Å². The summed E-state index contributed by atoms with van der Waals surface area (Å²) >= 11 is 5.85. The SMILES string of the molecule is CC1(C)CN(Cc2ccc(F)c(Cl)c2)C(C)(C)CN1. The maximum atomic E-state index is 13.2. The Balaban J connectivity index is 2.17. The molecule has 4 heteroatoms. The molecule has 1 aliphatic heterocycles. The molecule has 1 aromatic carbocycles. The van der Waals surface area contributed by atoms with Gasteiger partial charge < -0.3 is 5.32 Å². The van der Waals surface area contributed by atoms with Crippen LogP contribution in [0.5, 0.6) is 0 Å². The monoisotopic (exact) mass is 284 g/mol. The van der Waals surface area contributed by atoms with Gasteiger partial charge in [-0.15, -0.1) is 0 Å². The molecule has 2 rings (SSSR count). The molecule has 19 heavy (non-hydrogen) atoms. The summed E-state index contributed by atoms with van der Waals surface area (Å²) in [5.74, 6) is -0.356. The molecule has 1 fully saturated rings. The largest absolute Gasteiger partial charge is 0.309 e. The molecule has 2 nitrogen and oxygen atoms in total. The molecule has 0 radical (unpaired) electrons. The van der Waals surface area contributed by atoms with Crippen molar-refractivity contribution in [2.24, 2.45) is 0 Å². The summed E-state index contributed by atoms with van der Waals surface area (Å²) in [5.41, 5.74) is 1.23. The van der Waals surface area contributed by atoms with E-state index in [2.05, 4.69) is 37.9 Å². The minimum Gasteiger partial charge on any atom is -0.309 e. The van der Waals surface area contributed by atoms with E-state index in [1.807, 2.05) is 6.07 Å². The maximum Gasteiger partial charge on any atom is 0.141 e. The van der Waals surface area contributed by atoms with Crippen LogP contribution in [0.2, 0.25) is 5.02 Å². The van der Waals surface area contributed by atoms with Crippen LogP contribution < -0.4 is 5.32 Å². The third-order valence-corrected chi connectivity index (χ3v) is 4.09. The van der Waals surface area contributed by atoms with E-state index in [1.54, 1.807) is 6.07 Å². The fourth-order valence-corrected chi connectivity index (χ4v) is 2.65. The highest BCUT2D eigenvalue weighted by Gasteiger charge is 2.37. The van der Waals surface area contributed by atoms with E-state index < -0.39 is 0 Å². The summed E-state index contributed by atoms with van der Waals surface area (Å²) in [5, 5.41) is 3.76. The number of halogens is 2. The number of piperazine rings is 1. The second-order valence-electron chi connectivity index (χ2n) is 6.65. The highest BCUT2D eigenvalue weighted by Crippen LogP contribution is 2.26. The molecular weight excluding hydrogens is 263 g/mol. The van der Waals surface area contributed by atoms with Gasteiger partial charge >= 0.3 is 0 Å². The minimum absolute atomic E-state index is 0.0797. The molecular formula is C15H22ClFN2. The molecule has 1 aromatic rings. The van der Waals surface area contributed by atoms with Gasteiger partial charge in [0.05, 0.1) is 5.02 Å². The standard InChI is InChI=1S/C15H22ClFN2/c1-14(2)10-19(15(3,4)9-18-14)8-11-5-6-13(17)12(16)7-11/h5-7,18H,8-10H2,1-4H3. The average molecular weight is 285 g/mol. The van der Waals surface area contributed by atoms with Crippen molar-refractivity contribution in [2.45, 2.75) is 45.3 Å². The van der Waals surface area contributed by atoms with Gasteiger partial charge in [-0.3, -0.25) is 4.90 Å². The first kappa shape index (κ1) is 14.8. The van der Waals surface area contributed by atoms with Crippen molar-refractivity contribution in [2.75, 3.05) is 13.1 Å². The molecule has 0 amide bonds. The maximum absolute atomic E-state index is 13.2. The first-order chi connectivity index (χ1) is 8.70. The number of nitrogens with one attached hydrogen (secondary N) is 1. The Morgan fingerprint density at radius 2 is 2.00 bits per heavy atom. The molecule has 1 N–H and O–H groups in total. The second-order valence-corrected chi connectivity index (χ2v) is 7.06. The minimum atomic E-state index is -0.356. The Hall–Kier alpha value is -0.640. The molecule has 0 unspecified atom stereocenters. The van der Waals surface area contributed by atoms with Gasteiger partial charge in [0.2, 0.25) is 0 Å². The Labute approximate surface area is 119 Å². The van der Waals surface area contributed by atoms with Crippen LogP contribution in [0.4, 0.5) is 4.39 Å². The third-order valence-electron chi connectivity index (χ3n) is 3.80. The van der Waals surface area contributed by atoms with Crippen LogP contribution in [0.1, 0.15) is 33.3 Å². The van der Waals surface area contributed by atoms with Gasteiger partial charge in [-0.25, -0.2) is 4.39 Å². The van der Waals surface area contributed by atoms with Crippen LogP contribution >= 0.6 is 11.6 Å². The molecule has 1 saturated heterocycles. The van der Waals surface area contributed by atoms with Crippen molar-refractivity contribution in [1.82, 2.24) is 10.2 Å². The first-order valence-corrected chi connectivity index (χ1v) is 7.01. The van der Waals surface area contributed by atoms with E-state index in [9.17, 15) is 4.39 Å². The van der Waals surface area contributed by atoms with Crippen molar-refractivity contribution < 1.29 is 4.39 Å². The fourth-order valence-electron chi connectivity index (χ4n) is 2.44. The summed E-state index contributed by atoms with van der Waals surface area (Å²) < 4.78 is 13.2. The summed E-state index contributed by atoms with van der Waals surface area (Å²) in [4.78, 5) is 2.42. The number of benzene rings is 1. The molecule has 0 atom stereocenters. The normalized spacial score (nSPS) is 22.4. The lowest BCUT2D eigenvalue weighted by atomic mass is 9.91. The van der Waals surface area contributed by atoms with Gasteiger partial charge in [0, 0.05) is 30.7 Å². The number of rotatable bonds is 2. The van der Waals surface area contributed by atoms with Crippen molar-refractivity contribution in [3.8, 4) is 0 Å². The Bertz CT molecular complexity index is 471. The Morgan fingerprint density at radius 1 is 1.32 bits per heavy atom. The zero-order valence-corrected chi connectivity index (χ0v) is 12.8. The number of hydrogen-bond donors (Lipinski definition) is 1. The number of hydrogen-bond acceptors (Lipinski definition) is 2. The molecule has 0 spiro atoms. The van der Waals surface area contributed by atoms with Gasteiger partial charge in [-0.1, -0.05) is 17.7 Å². The van der Waals surface area contributed by atoms with Crippen LogP contribution in [0.25, 0.3) is 0 Å².